The number of nitrogens with zero attached hydrogens (tertiary/aromatic N) is 3. The van der Waals surface area contributed by atoms with E-state index in [0.29, 0.717) is 17.8 Å². The van der Waals surface area contributed by atoms with Crippen molar-refractivity contribution in [3.8, 4) is 0 Å². The van der Waals surface area contributed by atoms with Gasteiger partial charge < -0.3 is 15.3 Å². The Morgan fingerprint density at radius 3 is 2.96 bits per heavy atom. The second-order valence-corrected chi connectivity index (χ2v) is 7.47. The van der Waals surface area contributed by atoms with Crippen molar-refractivity contribution in [1.29, 1.82) is 0 Å². The van der Waals surface area contributed by atoms with Crippen LogP contribution in [0, 0.1) is 13.8 Å². The molecule has 2 aromatic rings. The Labute approximate surface area is 145 Å². The summed E-state index contributed by atoms with van der Waals surface area (Å²) in [6, 6.07) is 5.75. The molecule has 1 aliphatic rings. The van der Waals surface area contributed by atoms with Gasteiger partial charge in [0, 0.05) is 25.8 Å². The molecule has 7 heteroatoms. The van der Waals surface area contributed by atoms with E-state index in [2.05, 4.69) is 20.2 Å². The van der Waals surface area contributed by atoms with Crippen molar-refractivity contribution in [3.05, 3.63) is 40.0 Å². The number of carbonyl (C=O) groups is 1. The molecule has 1 aliphatic heterocycles. The van der Waals surface area contributed by atoms with E-state index in [1.807, 2.05) is 32.0 Å². The van der Waals surface area contributed by atoms with Gasteiger partial charge in [0.2, 0.25) is 0 Å². The van der Waals surface area contributed by atoms with Gasteiger partial charge in [0.15, 0.2) is 0 Å². The summed E-state index contributed by atoms with van der Waals surface area (Å²) in [6.45, 7) is 5.27. The van der Waals surface area contributed by atoms with E-state index < -0.39 is 5.60 Å². The van der Waals surface area contributed by atoms with E-state index in [9.17, 15) is 9.90 Å². The van der Waals surface area contributed by atoms with Crippen LogP contribution in [0.3, 0.4) is 0 Å². The fourth-order valence-electron chi connectivity index (χ4n) is 3.06. The Morgan fingerprint density at radius 2 is 2.29 bits per heavy atom. The summed E-state index contributed by atoms with van der Waals surface area (Å²) in [5, 5.41) is 14.6. The molecule has 6 nitrogen and oxygen atoms in total. The van der Waals surface area contributed by atoms with Crippen molar-refractivity contribution >= 4 is 23.1 Å². The third kappa shape index (κ3) is 3.73. The molecule has 3 rings (SSSR count). The highest BCUT2D eigenvalue weighted by Gasteiger charge is 2.34. The van der Waals surface area contributed by atoms with Crippen LogP contribution < -0.4 is 10.2 Å². The summed E-state index contributed by atoms with van der Waals surface area (Å²) in [5.41, 5.74) is -0.209. The fraction of sp³-hybridized carbons (Fsp3) is 0.471. The topological polar surface area (TPSA) is 78.3 Å². The largest absolute Gasteiger partial charge is 0.386 e. The standard InChI is InChI=1S/C17H22N4O2S/c1-12-15(24-13(2)20-12)16(22)19-10-17(23)7-5-9-21(11-17)14-6-3-4-8-18-14/h3-4,6,8,23H,5,7,9-11H2,1-2H3,(H,19,22)/t17-/m1/s1. The fourth-order valence-corrected chi connectivity index (χ4v) is 3.90. The molecule has 0 unspecified atom stereocenters. The number of aromatic nitrogens is 2. The molecule has 2 aromatic heterocycles. The van der Waals surface area contributed by atoms with Gasteiger partial charge in [-0.2, -0.15) is 0 Å². The van der Waals surface area contributed by atoms with E-state index in [-0.39, 0.29) is 12.5 Å². The molecule has 0 spiro atoms. The van der Waals surface area contributed by atoms with Crippen molar-refractivity contribution < 1.29 is 9.90 Å². The Hall–Kier alpha value is -1.99. The number of amides is 1. The maximum absolute atomic E-state index is 12.3. The van der Waals surface area contributed by atoms with Crippen molar-refractivity contribution in [2.24, 2.45) is 0 Å². The highest BCUT2D eigenvalue weighted by atomic mass is 32.1. The molecular weight excluding hydrogens is 324 g/mol. The van der Waals surface area contributed by atoms with Crippen LogP contribution in [0.1, 0.15) is 33.2 Å². The maximum atomic E-state index is 12.3. The first-order chi connectivity index (χ1) is 11.5. The van der Waals surface area contributed by atoms with Crippen molar-refractivity contribution in [2.45, 2.75) is 32.3 Å². The summed E-state index contributed by atoms with van der Waals surface area (Å²) in [5.74, 6) is 0.692. The molecule has 0 aliphatic carbocycles. The molecule has 1 amide bonds. The first kappa shape index (κ1) is 16.9. The highest BCUT2D eigenvalue weighted by molar-refractivity contribution is 7.13. The van der Waals surface area contributed by atoms with Gasteiger partial charge in [-0.1, -0.05) is 6.07 Å². The molecular formula is C17H22N4O2S. The number of aliphatic hydroxyl groups is 1. The van der Waals surface area contributed by atoms with Crippen LogP contribution in [0.5, 0.6) is 0 Å². The summed E-state index contributed by atoms with van der Waals surface area (Å²) in [6.07, 6.45) is 3.28. The Morgan fingerprint density at radius 1 is 1.46 bits per heavy atom. The number of carbonyl (C=O) groups excluding carboxylic acids is 1. The summed E-state index contributed by atoms with van der Waals surface area (Å²) in [7, 11) is 0. The normalized spacial score (nSPS) is 20.9. The van der Waals surface area contributed by atoms with Crippen molar-refractivity contribution in [2.75, 3.05) is 24.5 Å². The Balaban J connectivity index is 1.63. The highest BCUT2D eigenvalue weighted by Crippen LogP contribution is 2.24. The summed E-state index contributed by atoms with van der Waals surface area (Å²) < 4.78 is 0. The van der Waals surface area contributed by atoms with E-state index in [4.69, 9.17) is 0 Å². The van der Waals surface area contributed by atoms with Crippen LogP contribution in [0.15, 0.2) is 24.4 Å². The molecule has 0 saturated carbocycles. The van der Waals surface area contributed by atoms with Gasteiger partial charge in [0.05, 0.1) is 16.3 Å². The molecule has 0 radical (unpaired) electrons. The minimum absolute atomic E-state index is 0.165. The smallest absolute Gasteiger partial charge is 0.263 e. The van der Waals surface area contributed by atoms with Crippen LogP contribution >= 0.6 is 11.3 Å². The number of hydrogen-bond acceptors (Lipinski definition) is 6. The molecule has 1 fully saturated rings. The SMILES string of the molecule is Cc1nc(C)c(C(=O)NC[C@]2(O)CCCN(c3ccccn3)C2)s1. The molecule has 0 bridgehead atoms. The van der Waals surface area contributed by atoms with Gasteiger partial charge in [0.25, 0.3) is 5.91 Å². The summed E-state index contributed by atoms with van der Waals surface area (Å²) in [4.78, 5) is 23.6. The molecule has 128 valence electrons. The van der Waals surface area contributed by atoms with Gasteiger partial charge in [-0.15, -0.1) is 11.3 Å². The lowest BCUT2D eigenvalue weighted by atomic mass is 9.92. The number of thiazole rings is 1. The van der Waals surface area contributed by atoms with Crippen molar-refractivity contribution in [3.63, 3.8) is 0 Å². The van der Waals surface area contributed by atoms with Gasteiger partial charge in [-0.3, -0.25) is 4.79 Å². The Kier molecular flexibility index (Phi) is 4.82. The Bertz CT molecular complexity index is 719. The first-order valence-corrected chi connectivity index (χ1v) is 8.89. The average molecular weight is 346 g/mol. The zero-order valence-electron chi connectivity index (χ0n) is 14.0. The van der Waals surface area contributed by atoms with Crippen LogP contribution in [0.2, 0.25) is 0 Å². The van der Waals surface area contributed by atoms with Crippen LogP contribution in [0.4, 0.5) is 5.82 Å². The van der Waals surface area contributed by atoms with Crippen LogP contribution in [0.25, 0.3) is 0 Å². The van der Waals surface area contributed by atoms with E-state index in [1.54, 1.807) is 6.20 Å². The second kappa shape index (κ2) is 6.86. The van der Waals surface area contributed by atoms with E-state index >= 15 is 0 Å². The molecule has 3 heterocycles. The second-order valence-electron chi connectivity index (χ2n) is 6.27. The van der Waals surface area contributed by atoms with Crippen molar-refractivity contribution in [1.82, 2.24) is 15.3 Å². The van der Waals surface area contributed by atoms with Crippen LogP contribution in [-0.4, -0.2) is 46.2 Å². The first-order valence-electron chi connectivity index (χ1n) is 8.07. The number of hydrogen-bond donors (Lipinski definition) is 2. The minimum Gasteiger partial charge on any atom is -0.386 e. The minimum atomic E-state index is -0.945. The van der Waals surface area contributed by atoms with Gasteiger partial charge in [-0.25, -0.2) is 9.97 Å². The van der Waals surface area contributed by atoms with E-state index in [0.717, 1.165) is 29.5 Å². The predicted octanol–water partition coefficient (Wildman–Crippen LogP) is 1.92. The van der Waals surface area contributed by atoms with Gasteiger partial charge in [-0.05, 0) is 38.8 Å². The zero-order chi connectivity index (χ0) is 17.2. The number of β-amino-alcohol motifs (C(OH)–C–C–N with tert-alkyl or cyclic N) is 1. The van der Waals surface area contributed by atoms with E-state index in [1.165, 1.54) is 11.3 Å². The lowest BCUT2D eigenvalue weighted by Crippen LogP contribution is -2.54. The van der Waals surface area contributed by atoms with Gasteiger partial charge >= 0.3 is 0 Å². The number of aryl methyl sites for hydroxylation is 2. The van der Waals surface area contributed by atoms with Crippen LogP contribution in [-0.2, 0) is 0 Å². The molecule has 0 aromatic carbocycles. The summed E-state index contributed by atoms with van der Waals surface area (Å²) >= 11 is 1.38. The number of rotatable bonds is 4. The molecule has 1 atom stereocenters. The molecule has 24 heavy (non-hydrogen) atoms. The lowest BCUT2D eigenvalue weighted by Gasteiger charge is -2.39. The number of piperidine rings is 1. The van der Waals surface area contributed by atoms with Gasteiger partial charge in [0.1, 0.15) is 10.7 Å². The average Bonchev–Trinajstić information content (AvgIpc) is 2.92. The predicted molar refractivity (Wildman–Crippen MR) is 94.6 cm³/mol. The lowest BCUT2D eigenvalue weighted by molar-refractivity contribution is 0.0255. The zero-order valence-corrected chi connectivity index (χ0v) is 14.8. The molecule has 1 saturated heterocycles. The number of anilines is 1. The molecule has 2 N–H and O–H groups in total. The third-order valence-electron chi connectivity index (χ3n) is 4.22. The number of pyridine rings is 1. The monoisotopic (exact) mass is 346 g/mol. The number of nitrogens with one attached hydrogen (secondary N) is 1. The third-order valence-corrected chi connectivity index (χ3v) is 5.29. The quantitative estimate of drug-likeness (QED) is 0.884. The maximum Gasteiger partial charge on any atom is 0.263 e.